The van der Waals surface area contributed by atoms with Crippen molar-refractivity contribution < 1.29 is 9.60 Å². The number of oxime groups is 1. The molecule has 0 saturated carbocycles. The summed E-state index contributed by atoms with van der Waals surface area (Å²) >= 11 is 3.26. The number of benzene rings is 1. The number of nitrogens with two attached hydrogens (primary N) is 1. The molecule has 0 bridgehead atoms. The molecule has 1 atom stereocenters. The number of hydrogen-bond acceptors (Lipinski definition) is 3. The van der Waals surface area contributed by atoms with Gasteiger partial charge in [-0.25, -0.2) is 4.39 Å². The lowest BCUT2D eigenvalue weighted by Gasteiger charge is -2.24. The highest BCUT2D eigenvalue weighted by molar-refractivity contribution is 9.10. The summed E-state index contributed by atoms with van der Waals surface area (Å²) in [5.74, 6) is -0.118. The van der Waals surface area contributed by atoms with Gasteiger partial charge in [0.1, 0.15) is 11.7 Å². The Morgan fingerprint density at radius 3 is 2.84 bits per heavy atom. The Kier molecular flexibility index (Phi) is 6.24. The second-order valence-electron chi connectivity index (χ2n) is 4.47. The molecular formula is C13H19BrFN3O. The normalized spacial score (nSPS) is 13.8. The molecule has 0 aromatic heterocycles. The van der Waals surface area contributed by atoms with Crippen molar-refractivity contribution in [3.05, 3.63) is 34.1 Å². The fourth-order valence-electron chi connectivity index (χ4n) is 1.80. The van der Waals surface area contributed by atoms with Gasteiger partial charge in [-0.1, -0.05) is 31.1 Å². The van der Waals surface area contributed by atoms with Crippen molar-refractivity contribution >= 4 is 21.8 Å². The topological polar surface area (TPSA) is 61.8 Å². The zero-order valence-corrected chi connectivity index (χ0v) is 12.7. The molecule has 0 fully saturated rings. The van der Waals surface area contributed by atoms with Crippen molar-refractivity contribution in [3.8, 4) is 0 Å². The zero-order chi connectivity index (χ0) is 14.4. The second kappa shape index (κ2) is 7.45. The third kappa shape index (κ3) is 4.47. The van der Waals surface area contributed by atoms with Gasteiger partial charge in [-0.05, 0) is 34.1 Å². The standard InChI is InChI=1S/C13H19BrFN3O/c1-3-18(7-9(2)13(16)17-19)8-10-5-4-6-11(15)12(10)14/h4-6,9,19H,3,7-8H2,1-2H3,(H2,16,17). The van der Waals surface area contributed by atoms with Crippen LogP contribution in [0.5, 0.6) is 0 Å². The predicted octanol–water partition coefficient (Wildman–Crippen LogP) is 2.79. The largest absolute Gasteiger partial charge is 0.409 e. The lowest BCUT2D eigenvalue weighted by atomic mass is 10.1. The summed E-state index contributed by atoms with van der Waals surface area (Å²) in [5.41, 5.74) is 6.45. The lowest BCUT2D eigenvalue weighted by molar-refractivity contribution is 0.257. The first-order valence-corrected chi connectivity index (χ1v) is 6.91. The minimum atomic E-state index is -0.266. The Bertz CT molecular complexity index is 454. The van der Waals surface area contributed by atoms with Crippen molar-refractivity contribution in [1.82, 2.24) is 4.90 Å². The van der Waals surface area contributed by atoms with Gasteiger partial charge in [0.15, 0.2) is 0 Å². The van der Waals surface area contributed by atoms with Crippen LogP contribution >= 0.6 is 15.9 Å². The summed E-state index contributed by atoms with van der Waals surface area (Å²) in [7, 11) is 0. The average Bonchev–Trinajstić information content (AvgIpc) is 2.41. The SMILES string of the molecule is CCN(Cc1cccc(F)c1Br)CC(C)/C(N)=N/O. The molecular weight excluding hydrogens is 313 g/mol. The third-order valence-corrected chi connectivity index (χ3v) is 3.91. The summed E-state index contributed by atoms with van der Waals surface area (Å²) in [6.07, 6.45) is 0. The molecule has 0 radical (unpaired) electrons. The van der Waals surface area contributed by atoms with E-state index in [9.17, 15) is 4.39 Å². The second-order valence-corrected chi connectivity index (χ2v) is 5.26. The van der Waals surface area contributed by atoms with Gasteiger partial charge in [0.2, 0.25) is 0 Å². The molecule has 0 saturated heterocycles. The number of amidine groups is 1. The summed E-state index contributed by atoms with van der Waals surface area (Å²) in [5, 5.41) is 11.7. The molecule has 1 aromatic carbocycles. The van der Waals surface area contributed by atoms with Crippen molar-refractivity contribution in [3.63, 3.8) is 0 Å². The molecule has 0 heterocycles. The van der Waals surface area contributed by atoms with Crippen LogP contribution in [0.1, 0.15) is 19.4 Å². The molecule has 0 aliphatic heterocycles. The summed E-state index contributed by atoms with van der Waals surface area (Å²) < 4.78 is 13.9. The van der Waals surface area contributed by atoms with E-state index in [-0.39, 0.29) is 17.6 Å². The first-order chi connectivity index (χ1) is 8.99. The maximum atomic E-state index is 13.4. The van der Waals surface area contributed by atoms with Crippen molar-refractivity contribution in [2.24, 2.45) is 16.8 Å². The monoisotopic (exact) mass is 331 g/mol. The van der Waals surface area contributed by atoms with Crippen molar-refractivity contribution in [2.45, 2.75) is 20.4 Å². The number of hydrogen-bond donors (Lipinski definition) is 2. The smallest absolute Gasteiger partial charge is 0.143 e. The van der Waals surface area contributed by atoms with E-state index >= 15 is 0 Å². The molecule has 106 valence electrons. The van der Waals surface area contributed by atoms with E-state index in [1.165, 1.54) is 6.07 Å². The van der Waals surface area contributed by atoms with Gasteiger partial charge in [0.25, 0.3) is 0 Å². The van der Waals surface area contributed by atoms with E-state index in [1.807, 2.05) is 19.9 Å². The summed E-state index contributed by atoms with van der Waals surface area (Å²) in [6, 6.07) is 4.99. The molecule has 19 heavy (non-hydrogen) atoms. The fourth-order valence-corrected chi connectivity index (χ4v) is 2.19. The van der Waals surface area contributed by atoms with Crippen LogP contribution in [0.25, 0.3) is 0 Å². The van der Waals surface area contributed by atoms with E-state index in [1.54, 1.807) is 6.07 Å². The molecule has 0 aliphatic carbocycles. The van der Waals surface area contributed by atoms with Crippen LogP contribution in [0.2, 0.25) is 0 Å². The van der Waals surface area contributed by atoms with Gasteiger partial charge in [-0.2, -0.15) is 0 Å². The van der Waals surface area contributed by atoms with Crippen LogP contribution in [-0.4, -0.2) is 29.0 Å². The predicted molar refractivity (Wildman–Crippen MR) is 77.6 cm³/mol. The van der Waals surface area contributed by atoms with Crippen LogP contribution < -0.4 is 5.73 Å². The van der Waals surface area contributed by atoms with E-state index < -0.39 is 0 Å². The van der Waals surface area contributed by atoms with Gasteiger partial charge in [0, 0.05) is 19.0 Å². The molecule has 1 aromatic rings. The Labute approximate surface area is 121 Å². The van der Waals surface area contributed by atoms with Crippen LogP contribution in [-0.2, 0) is 6.54 Å². The van der Waals surface area contributed by atoms with Crippen molar-refractivity contribution in [2.75, 3.05) is 13.1 Å². The Morgan fingerprint density at radius 2 is 2.26 bits per heavy atom. The molecule has 0 amide bonds. The fraction of sp³-hybridized carbons (Fsp3) is 0.462. The zero-order valence-electron chi connectivity index (χ0n) is 11.1. The molecule has 0 spiro atoms. The van der Waals surface area contributed by atoms with Gasteiger partial charge in [-0.3, -0.25) is 4.90 Å². The van der Waals surface area contributed by atoms with E-state index in [0.29, 0.717) is 17.6 Å². The molecule has 1 rings (SSSR count). The first kappa shape index (κ1) is 15.9. The molecule has 6 heteroatoms. The minimum absolute atomic E-state index is 0.0581. The lowest BCUT2D eigenvalue weighted by Crippen LogP contribution is -2.34. The first-order valence-electron chi connectivity index (χ1n) is 6.12. The van der Waals surface area contributed by atoms with Crippen LogP contribution in [0.4, 0.5) is 4.39 Å². The minimum Gasteiger partial charge on any atom is -0.409 e. The van der Waals surface area contributed by atoms with Crippen molar-refractivity contribution in [1.29, 1.82) is 0 Å². The quantitative estimate of drug-likeness (QED) is 0.364. The highest BCUT2D eigenvalue weighted by Gasteiger charge is 2.15. The highest BCUT2D eigenvalue weighted by Crippen LogP contribution is 2.22. The Hall–Kier alpha value is -1.14. The van der Waals surface area contributed by atoms with E-state index in [4.69, 9.17) is 10.9 Å². The number of nitrogens with zero attached hydrogens (tertiary/aromatic N) is 2. The highest BCUT2D eigenvalue weighted by atomic mass is 79.9. The van der Waals surface area contributed by atoms with E-state index in [0.717, 1.165) is 12.1 Å². The van der Waals surface area contributed by atoms with Gasteiger partial charge in [-0.15, -0.1) is 0 Å². The van der Waals surface area contributed by atoms with Crippen LogP contribution in [0, 0.1) is 11.7 Å². The van der Waals surface area contributed by atoms with Crippen LogP contribution in [0.15, 0.2) is 27.8 Å². The Balaban J connectivity index is 2.74. The number of rotatable bonds is 6. The van der Waals surface area contributed by atoms with Crippen LogP contribution in [0.3, 0.4) is 0 Å². The number of halogens is 2. The molecule has 4 nitrogen and oxygen atoms in total. The maximum absolute atomic E-state index is 13.4. The van der Waals surface area contributed by atoms with Gasteiger partial charge < -0.3 is 10.9 Å². The summed E-state index contributed by atoms with van der Waals surface area (Å²) in [6.45, 7) is 5.96. The molecule has 0 aliphatic rings. The van der Waals surface area contributed by atoms with Gasteiger partial charge in [0.05, 0.1) is 4.47 Å². The molecule has 1 unspecified atom stereocenters. The molecule has 3 N–H and O–H groups in total. The maximum Gasteiger partial charge on any atom is 0.143 e. The van der Waals surface area contributed by atoms with E-state index in [2.05, 4.69) is 26.0 Å². The summed E-state index contributed by atoms with van der Waals surface area (Å²) in [4.78, 5) is 2.11. The van der Waals surface area contributed by atoms with Gasteiger partial charge >= 0.3 is 0 Å². The average molecular weight is 332 g/mol. The Morgan fingerprint density at radius 1 is 1.58 bits per heavy atom. The third-order valence-electron chi connectivity index (χ3n) is 3.03.